The zero-order valence-electron chi connectivity index (χ0n) is 17.9. The Labute approximate surface area is 186 Å². The van der Waals surface area contributed by atoms with Crippen LogP contribution in [-0.4, -0.2) is 55.8 Å². The van der Waals surface area contributed by atoms with Gasteiger partial charge in [0.2, 0.25) is 5.95 Å². The number of benzene rings is 2. The molecule has 0 atom stereocenters. The molecule has 32 heavy (non-hydrogen) atoms. The van der Waals surface area contributed by atoms with E-state index in [1.807, 2.05) is 29.2 Å². The first-order valence-corrected chi connectivity index (χ1v) is 10.5. The maximum Gasteiger partial charge on any atom is 0.255 e. The number of carbonyl (C=O) groups excluding carboxylic acids is 1. The lowest BCUT2D eigenvalue weighted by molar-refractivity contribution is 0.0954. The van der Waals surface area contributed by atoms with Crippen molar-refractivity contribution in [2.45, 2.75) is 6.42 Å². The van der Waals surface area contributed by atoms with E-state index in [0.717, 1.165) is 11.3 Å². The summed E-state index contributed by atoms with van der Waals surface area (Å²) in [6, 6.07) is 14.0. The summed E-state index contributed by atoms with van der Waals surface area (Å²) in [6.07, 6.45) is 2.06. The monoisotopic (exact) mass is 436 g/mol. The lowest BCUT2D eigenvalue weighted by atomic mass is 10.1. The Balaban J connectivity index is 1.57. The lowest BCUT2D eigenvalue weighted by Crippen LogP contribution is -2.37. The summed E-state index contributed by atoms with van der Waals surface area (Å²) in [7, 11) is 1.62. The molecule has 0 radical (unpaired) electrons. The van der Waals surface area contributed by atoms with Gasteiger partial charge in [-0.15, -0.1) is 0 Å². The molecule has 1 saturated heterocycles. The van der Waals surface area contributed by atoms with Gasteiger partial charge >= 0.3 is 0 Å². The predicted octanol–water partition coefficient (Wildman–Crippen LogP) is 3.10. The highest BCUT2D eigenvalue weighted by atomic mass is 19.1. The average molecular weight is 436 g/mol. The van der Waals surface area contributed by atoms with Crippen molar-refractivity contribution in [2.75, 3.05) is 44.9 Å². The smallest absolute Gasteiger partial charge is 0.255 e. The number of para-hydroxylation sites is 1. The fraction of sp³-hybridized carbons (Fsp3) is 0.292. The fourth-order valence-electron chi connectivity index (χ4n) is 3.63. The second-order valence-corrected chi connectivity index (χ2v) is 7.33. The number of anilines is 1. The average Bonchev–Trinajstić information content (AvgIpc) is 2.85. The molecule has 1 aromatic heterocycles. The van der Waals surface area contributed by atoms with Crippen LogP contribution < -0.4 is 15.0 Å². The van der Waals surface area contributed by atoms with E-state index in [2.05, 4.69) is 15.3 Å². The number of ether oxygens (including phenoxy) is 2. The Morgan fingerprint density at radius 2 is 1.91 bits per heavy atom. The predicted molar refractivity (Wildman–Crippen MR) is 119 cm³/mol. The Morgan fingerprint density at radius 1 is 1.16 bits per heavy atom. The largest absolute Gasteiger partial charge is 0.496 e. The van der Waals surface area contributed by atoms with Gasteiger partial charge in [0, 0.05) is 31.4 Å². The third-order valence-corrected chi connectivity index (χ3v) is 5.32. The normalized spacial score (nSPS) is 13.6. The first-order chi connectivity index (χ1) is 15.7. The SMILES string of the molecule is COc1ccccc1CCNC(=O)c1cnc(N2CCOCC2)nc1-c1ccccc1F. The molecule has 0 saturated carbocycles. The highest BCUT2D eigenvalue weighted by molar-refractivity contribution is 5.99. The molecule has 1 N–H and O–H groups in total. The summed E-state index contributed by atoms with van der Waals surface area (Å²) >= 11 is 0. The number of aromatic nitrogens is 2. The fourth-order valence-corrected chi connectivity index (χ4v) is 3.63. The van der Waals surface area contributed by atoms with Crippen molar-refractivity contribution in [3.8, 4) is 17.0 Å². The molecule has 1 fully saturated rings. The molecular formula is C24H25FN4O3. The van der Waals surface area contributed by atoms with Gasteiger partial charge in [-0.25, -0.2) is 14.4 Å². The van der Waals surface area contributed by atoms with Gasteiger partial charge in [-0.05, 0) is 30.2 Å². The molecule has 8 heteroatoms. The third kappa shape index (κ3) is 4.86. The number of morpholine rings is 1. The summed E-state index contributed by atoms with van der Waals surface area (Å²) in [5, 5.41) is 2.90. The minimum Gasteiger partial charge on any atom is -0.496 e. The van der Waals surface area contributed by atoms with Gasteiger partial charge in [0.1, 0.15) is 11.6 Å². The van der Waals surface area contributed by atoms with E-state index >= 15 is 0 Å². The molecule has 0 bridgehead atoms. The minimum atomic E-state index is -0.442. The van der Waals surface area contributed by atoms with Crippen LogP contribution in [0.2, 0.25) is 0 Å². The van der Waals surface area contributed by atoms with Crippen LogP contribution in [0, 0.1) is 5.82 Å². The summed E-state index contributed by atoms with van der Waals surface area (Å²) in [6.45, 7) is 2.82. The second kappa shape index (κ2) is 10.2. The number of nitrogens with one attached hydrogen (secondary N) is 1. The van der Waals surface area contributed by atoms with Gasteiger partial charge in [-0.3, -0.25) is 4.79 Å². The third-order valence-electron chi connectivity index (χ3n) is 5.32. The molecule has 7 nitrogen and oxygen atoms in total. The molecule has 2 aromatic carbocycles. The maximum atomic E-state index is 14.6. The van der Waals surface area contributed by atoms with Gasteiger partial charge in [-0.1, -0.05) is 30.3 Å². The van der Waals surface area contributed by atoms with Crippen molar-refractivity contribution >= 4 is 11.9 Å². The maximum absolute atomic E-state index is 14.6. The highest BCUT2D eigenvalue weighted by Gasteiger charge is 2.21. The van der Waals surface area contributed by atoms with Crippen molar-refractivity contribution in [3.05, 3.63) is 71.7 Å². The molecule has 3 aromatic rings. The first-order valence-electron chi connectivity index (χ1n) is 10.5. The van der Waals surface area contributed by atoms with Crippen molar-refractivity contribution in [2.24, 2.45) is 0 Å². The number of nitrogens with zero attached hydrogens (tertiary/aromatic N) is 3. The summed E-state index contributed by atoms with van der Waals surface area (Å²) in [5.41, 5.74) is 1.75. The summed E-state index contributed by atoms with van der Waals surface area (Å²) in [4.78, 5) is 23.9. The molecule has 0 aliphatic carbocycles. The number of methoxy groups -OCH3 is 1. The molecule has 0 unspecified atom stereocenters. The number of amides is 1. The first kappa shape index (κ1) is 21.7. The van der Waals surface area contributed by atoms with Crippen LogP contribution in [0.3, 0.4) is 0 Å². The molecule has 0 spiro atoms. The number of hydrogen-bond donors (Lipinski definition) is 1. The van der Waals surface area contributed by atoms with Crippen LogP contribution >= 0.6 is 0 Å². The van der Waals surface area contributed by atoms with E-state index in [4.69, 9.17) is 9.47 Å². The Bertz CT molecular complexity index is 1090. The van der Waals surface area contributed by atoms with Crippen LogP contribution in [0.5, 0.6) is 5.75 Å². The number of halogens is 1. The van der Waals surface area contributed by atoms with Crippen LogP contribution in [0.4, 0.5) is 10.3 Å². The van der Waals surface area contributed by atoms with Gasteiger partial charge in [0.25, 0.3) is 5.91 Å². The molecular weight excluding hydrogens is 411 g/mol. The van der Waals surface area contributed by atoms with E-state index in [1.54, 1.807) is 25.3 Å². The van der Waals surface area contributed by atoms with E-state index < -0.39 is 5.82 Å². The highest BCUT2D eigenvalue weighted by Crippen LogP contribution is 2.26. The topological polar surface area (TPSA) is 76.6 Å². The van der Waals surface area contributed by atoms with Crippen molar-refractivity contribution in [3.63, 3.8) is 0 Å². The Kier molecular flexibility index (Phi) is 6.91. The van der Waals surface area contributed by atoms with E-state index in [0.29, 0.717) is 45.2 Å². The van der Waals surface area contributed by atoms with E-state index in [9.17, 15) is 9.18 Å². The molecule has 1 amide bonds. The molecule has 1 aliphatic heterocycles. The molecule has 1 aliphatic rings. The van der Waals surface area contributed by atoms with Crippen LogP contribution in [0.1, 0.15) is 15.9 Å². The second-order valence-electron chi connectivity index (χ2n) is 7.33. The van der Waals surface area contributed by atoms with Crippen LogP contribution in [0.25, 0.3) is 11.3 Å². The summed E-state index contributed by atoms with van der Waals surface area (Å²) < 4.78 is 25.4. The molecule has 4 rings (SSSR count). The van der Waals surface area contributed by atoms with Gasteiger partial charge in [0.15, 0.2) is 0 Å². The van der Waals surface area contributed by atoms with Crippen molar-refractivity contribution < 1.29 is 18.7 Å². The number of carbonyl (C=O) groups is 1. The van der Waals surface area contributed by atoms with Crippen molar-refractivity contribution in [1.82, 2.24) is 15.3 Å². The molecule has 166 valence electrons. The van der Waals surface area contributed by atoms with Crippen molar-refractivity contribution in [1.29, 1.82) is 0 Å². The zero-order chi connectivity index (χ0) is 22.3. The molecule has 2 heterocycles. The van der Waals surface area contributed by atoms with Gasteiger partial charge in [0.05, 0.1) is 31.6 Å². The van der Waals surface area contributed by atoms with Gasteiger partial charge < -0.3 is 19.7 Å². The van der Waals surface area contributed by atoms with Crippen LogP contribution in [-0.2, 0) is 11.2 Å². The van der Waals surface area contributed by atoms with E-state index in [1.165, 1.54) is 12.3 Å². The van der Waals surface area contributed by atoms with Gasteiger partial charge in [-0.2, -0.15) is 0 Å². The quantitative estimate of drug-likeness (QED) is 0.613. The Hall–Kier alpha value is -3.52. The standard InChI is InChI=1S/C24H25FN4O3/c1-31-21-9-5-2-6-17(21)10-11-26-23(30)19-16-27-24(29-12-14-32-15-13-29)28-22(19)18-7-3-4-8-20(18)25/h2-9,16H,10-15H2,1H3,(H,26,30). The lowest BCUT2D eigenvalue weighted by Gasteiger charge is -2.27. The Morgan fingerprint density at radius 3 is 2.69 bits per heavy atom. The van der Waals surface area contributed by atoms with E-state index in [-0.39, 0.29) is 22.7 Å². The summed E-state index contributed by atoms with van der Waals surface area (Å²) in [5.74, 6) is 0.429. The minimum absolute atomic E-state index is 0.229. The number of rotatable bonds is 7. The number of hydrogen-bond acceptors (Lipinski definition) is 6. The zero-order valence-corrected chi connectivity index (χ0v) is 17.9. The van der Waals surface area contributed by atoms with Crippen LogP contribution in [0.15, 0.2) is 54.7 Å².